The molecule has 7 heteroatoms. The van der Waals surface area contributed by atoms with Gasteiger partial charge in [-0.25, -0.2) is 0 Å². The third-order valence-electron chi connectivity index (χ3n) is 5.14. The molecule has 0 saturated heterocycles. The van der Waals surface area contributed by atoms with Gasteiger partial charge in [-0.05, 0) is 36.2 Å². The van der Waals surface area contributed by atoms with Gasteiger partial charge in [-0.2, -0.15) is 5.10 Å². The molecule has 0 spiro atoms. The summed E-state index contributed by atoms with van der Waals surface area (Å²) in [5, 5.41) is 4.41. The molecule has 1 aromatic heterocycles. The maximum atomic E-state index is 13.6. The second-order valence-electron chi connectivity index (χ2n) is 7.31. The van der Waals surface area contributed by atoms with Crippen molar-refractivity contribution in [2.75, 3.05) is 13.9 Å². The smallest absolute Gasteiger partial charge is 0.256 e. The van der Waals surface area contributed by atoms with Gasteiger partial charge in [0.25, 0.3) is 5.91 Å². The third-order valence-corrected chi connectivity index (χ3v) is 5.14. The molecule has 1 atom stereocenters. The Balaban J connectivity index is 1.63. The highest BCUT2D eigenvalue weighted by Gasteiger charge is 2.27. The Morgan fingerprint density at radius 2 is 1.90 bits per heavy atom. The fourth-order valence-corrected chi connectivity index (χ4v) is 3.65. The van der Waals surface area contributed by atoms with Gasteiger partial charge in [0.15, 0.2) is 17.6 Å². The zero-order chi connectivity index (χ0) is 21.1. The van der Waals surface area contributed by atoms with Crippen LogP contribution >= 0.6 is 0 Å². The Morgan fingerprint density at radius 1 is 1.13 bits per heavy atom. The lowest BCUT2D eigenvalue weighted by Gasteiger charge is -2.27. The van der Waals surface area contributed by atoms with E-state index in [4.69, 9.17) is 14.2 Å². The predicted molar refractivity (Wildman–Crippen MR) is 111 cm³/mol. The first-order valence-corrected chi connectivity index (χ1v) is 9.79. The van der Waals surface area contributed by atoms with Crippen LogP contribution in [0.4, 0.5) is 0 Å². The molecule has 3 aromatic rings. The summed E-state index contributed by atoms with van der Waals surface area (Å²) >= 11 is 0. The fraction of sp³-hybridized carbons (Fsp3) is 0.304. The average Bonchev–Trinajstić information content (AvgIpc) is 3.34. The van der Waals surface area contributed by atoms with Crippen molar-refractivity contribution in [3.63, 3.8) is 0 Å². The van der Waals surface area contributed by atoms with Crippen LogP contribution < -0.4 is 9.47 Å². The van der Waals surface area contributed by atoms with Gasteiger partial charge in [0.2, 0.25) is 6.79 Å². The average molecular weight is 407 g/mol. The Morgan fingerprint density at radius 3 is 2.60 bits per heavy atom. The molecule has 4 rings (SSSR count). The normalized spacial score (nSPS) is 13.3. The molecule has 0 N–H and O–H groups in total. The maximum absolute atomic E-state index is 13.6. The van der Waals surface area contributed by atoms with Crippen LogP contribution in [-0.2, 0) is 29.7 Å². The molecule has 30 heavy (non-hydrogen) atoms. The quantitative estimate of drug-likeness (QED) is 0.601. The summed E-state index contributed by atoms with van der Waals surface area (Å²) in [6.07, 6.45) is -0.686. The van der Waals surface area contributed by atoms with Crippen molar-refractivity contribution in [3.05, 3.63) is 77.1 Å². The molecule has 1 aliphatic rings. The zero-order valence-corrected chi connectivity index (χ0v) is 17.4. The highest BCUT2D eigenvalue weighted by Crippen LogP contribution is 2.33. The summed E-state index contributed by atoms with van der Waals surface area (Å²) in [4.78, 5) is 15.3. The molecule has 0 bridgehead atoms. The first kappa shape index (κ1) is 20.0. The Bertz CT molecular complexity index is 1030. The lowest BCUT2D eigenvalue weighted by atomic mass is 10.1. The van der Waals surface area contributed by atoms with Crippen LogP contribution in [0.5, 0.6) is 11.5 Å². The van der Waals surface area contributed by atoms with Gasteiger partial charge >= 0.3 is 0 Å². The van der Waals surface area contributed by atoms with Gasteiger partial charge in [-0.15, -0.1) is 0 Å². The Hall–Kier alpha value is -3.32. The molecule has 0 fully saturated rings. The number of rotatable bonds is 7. The van der Waals surface area contributed by atoms with Gasteiger partial charge in [-0.1, -0.05) is 36.4 Å². The molecular formula is C23H25N3O4. The Kier molecular flexibility index (Phi) is 5.72. The number of hydrogen-bond donors (Lipinski definition) is 0. The number of carbonyl (C=O) groups excluding carboxylic acids is 1. The van der Waals surface area contributed by atoms with Crippen LogP contribution in [0.2, 0.25) is 0 Å². The van der Waals surface area contributed by atoms with Crippen molar-refractivity contribution in [1.29, 1.82) is 0 Å². The largest absolute Gasteiger partial charge is 0.454 e. The van der Waals surface area contributed by atoms with E-state index in [9.17, 15) is 4.79 Å². The van der Waals surface area contributed by atoms with E-state index in [1.54, 1.807) is 16.7 Å². The second-order valence-corrected chi connectivity index (χ2v) is 7.31. The lowest BCUT2D eigenvalue weighted by molar-refractivity contribution is -0.143. The molecule has 1 aliphatic heterocycles. The van der Waals surface area contributed by atoms with Gasteiger partial charge in [0.1, 0.15) is 0 Å². The van der Waals surface area contributed by atoms with Crippen molar-refractivity contribution in [2.24, 2.45) is 7.05 Å². The number of aryl methyl sites for hydroxylation is 2. The van der Waals surface area contributed by atoms with Gasteiger partial charge in [-0.3, -0.25) is 9.48 Å². The summed E-state index contributed by atoms with van der Waals surface area (Å²) in [6.45, 7) is 2.98. The van der Waals surface area contributed by atoms with E-state index in [0.717, 1.165) is 28.3 Å². The molecule has 0 radical (unpaired) electrons. The second kappa shape index (κ2) is 8.59. The van der Waals surface area contributed by atoms with Crippen molar-refractivity contribution in [2.45, 2.75) is 26.1 Å². The van der Waals surface area contributed by atoms with E-state index in [1.807, 2.05) is 68.6 Å². The summed E-state index contributed by atoms with van der Waals surface area (Å²) < 4.78 is 18.3. The monoisotopic (exact) mass is 407 g/mol. The SMILES string of the molecule is CO[C@@H](C(=O)N(Cc1ccc2c(c1)OCO2)Cc1cc(C)nn1C)c1ccccc1. The molecule has 0 saturated carbocycles. The summed E-state index contributed by atoms with van der Waals surface area (Å²) in [6, 6.07) is 17.3. The molecule has 7 nitrogen and oxygen atoms in total. The first-order valence-electron chi connectivity index (χ1n) is 9.79. The van der Waals surface area contributed by atoms with Gasteiger partial charge in [0.05, 0.1) is 17.9 Å². The van der Waals surface area contributed by atoms with E-state index < -0.39 is 6.10 Å². The van der Waals surface area contributed by atoms with Crippen LogP contribution in [0.25, 0.3) is 0 Å². The van der Waals surface area contributed by atoms with Crippen molar-refractivity contribution >= 4 is 5.91 Å². The third kappa shape index (κ3) is 4.16. The van der Waals surface area contributed by atoms with E-state index >= 15 is 0 Å². The van der Waals surface area contributed by atoms with Crippen molar-refractivity contribution < 1.29 is 19.0 Å². The summed E-state index contributed by atoms with van der Waals surface area (Å²) in [5.41, 5.74) is 3.63. The van der Waals surface area contributed by atoms with Gasteiger partial charge < -0.3 is 19.1 Å². The Labute approximate surface area is 175 Å². The van der Waals surface area contributed by atoms with E-state index in [-0.39, 0.29) is 12.7 Å². The number of nitrogens with zero attached hydrogens (tertiary/aromatic N) is 3. The van der Waals surface area contributed by atoms with Crippen LogP contribution in [0.3, 0.4) is 0 Å². The molecule has 2 aromatic carbocycles. The number of hydrogen-bond acceptors (Lipinski definition) is 5. The van der Waals surface area contributed by atoms with Crippen LogP contribution in [0.15, 0.2) is 54.6 Å². The van der Waals surface area contributed by atoms with Crippen LogP contribution in [0.1, 0.15) is 28.6 Å². The van der Waals surface area contributed by atoms with Crippen molar-refractivity contribution in [1.82, 2.24) is 14.7 Å². The standard InChI is InChI=1S/C23H25N3O4/c1-16-11-19(25(2)24-16)14-26(13-17-9-10-20-21(12-17)30-15-29-20)23(27)22(28-3)18-7-5-4-6-8-18/h4-12,22H,13-15H2,1-3H3/t22-/m1/s1. The van der Waals surface area contributed by atoms with Crippen LogP contribution in [0, 0.1) is 6.92 Å². The minimum atomic E-state index is -0.686. The number of benzene rings is 2. The highest BCUT2D eigenvalue weighted by atomic mass is 16.7. The van der Waals surface area contributed by atoms with Gasteiger partial charge in [0, 0.05) is 20.7 Å². The maximum Gasteiger partial charge on any atom is 0.256 e. The summed E-state index contributed by atoms with van der Waals surface area (Å²) in [7, 11) is 3.44. The number of methoxy groups -OCH3 is 1. The molecular weight excluding hydrogens is 382 g/mol. The number of fused-ring (bicyclic) bond motifs is 1. The topological polar surface area (TPSA) is 65.8 Å². The molecule has 0 unspecified atom stereocenters. The van der Waals surface area contributed by atoms with Crippen LogP contribution in [-0.4, -0.2) is 34.5 Å². The van der Waals surface area contributed by atoms with E-state index in [1.165, 1.54) is 0 Å². The van der Waals surface area contributed by atoms with Crippen molar-refractivity contribution in [3.8, 4) is 11.5 Å². The number of carbonyl (C=O) groups is 1. The predicted octanol–water partition coefficient (Wildman–Crippen LogP) is 3.37. The van der Waals surface area contributed by atoms with E-state index in [2.05, 4.69) is 5.10 Å². The lowest BCUT2D eigenvalue weighted by Crippen LogP contribution is -2.35. The molecule has 0 aliphatic carbocycles. The highest BCUT2D eigenvalue weighted by molar-refractivity contribution is 5.82. The molecule has 2 heterocycles. The number of ether oxygens (including phenoxy) is 3. The summed E-state index contributed by atoms with van der Waals surface area (Å²) in [5.74, 6) is 1.31. The molecule has 1 amide bonds. The number of amides is 1. The minimum Gasteiger partial charge on any atom is -0.454 e. The number of aromatic nitrogens is 2. The fourth-order valence-electron chi connectivity index (χ4n) is 3.65. The van der Waals surface area contributed by atoms with E-state index in [0.29, 0.717) is 18.8 Å². The molecule has 156 valence electrons. The first-order chi connectivity index (χ1) is 14.5. The zero-order valence-electron chi connectivity index (χ0n) is 17.4. The minimum absolute atomic E-state index is 0.111.